The highest BCUT2D eigenvalue weighted by atomic mass is 35.5. The van der Waals surface area contributed by atoms with Crippen molar-refractivity contribution in [3.05, 3.63) is 17.3 Å². The van der Waals surface area contributed by atoms with Crippen molar-refractivity contribution >= 4 is 17.3 Å². The number of rotatable bonds is 3. The normalized spacial score (nSPS) is 24.6. The Morgan fingerprint density at radius 2 is 2.18 bits per heavy atom. The fourth-order valence-electron chi connectivity index (χ4n) is 2.50. The molecule has 1 heterocycles. The molecule has 17 heavy (non-hydrogen) atoms. The van der Waals surface area contributed by atoms with E-state index in [4.69, 9.17) is 22.1 Å². The SMILES string of the molecule is CCC1CCCCC1Oc1cc(N)cc(Cl)n1. The summed E-state index contributed by atoms with van der Waals surface area (Å²) in [4.78, 5) is 4.16. The lowest BCUT2D eigenvalue weighted by molar-refractivity contribution is 0.0859. The van der Waals surface area contributed by atoms with E-state index in [1.54, 1.807) is 12.1 Å². The third-order valence-corrected chi connectivity index (χ3v) is 3.62. The van der Waals surface area contributed by atoms with Gasteiger partial charge in [0.1, 0.15) is 11.3 Å². The summed E-state index contributed by atoms with van der Waals surface area (Å²) in [5.41, 5.74) is 6.33. The minimum Gasteiger partial charge on any atom is -0.474 e. The molecule has 1 aliphatic rings. The molecule has 0 aromatic carbocycles. The smallest absolute Gasteiger partial charge is 0.217 e. The lowest BCUT2D eigenvalue weighted by Crippen LogP contribution is -2.30. The van der Waals surface area contributed by atoms with Crippen molar-refractivity contribution < 1.29 is 4.74 Å². The van der Waals surface area contributed by atoms with Crippen molar-refractivity contribution in [1.29, 1.82) is 0 Å². The maximum absolute atomic E-state index is 5.94. The summed E-state index contributed by atoms with van der Waals surface area (Å²) in [6.07, 6.45) is 6.31. The molecule has 0 bridgehead atoms. The van der Waals surface area contributed by atoms with Gasteiger partial charge in [-0.2, -0.15) is 0 Å². The number of anilines is 1. The number of ether oxygens (including phenoxy) is 1. The molecule has 0 saturated heterocycles. The summed E-state index contributed by atoms with van der Waals surface area (Å²) < 4.78 is 5.94. The Hall–Kier alpha value is -0.960. The molecule has 2 N–H and O–H groups in total. The fourth-order valence-corrected chi connectivity index (χ4v) is 2.71. The average molecular weight is 255 g/mol. The molecule has 2 rings (SSSR count). The highest BCUT2D eigenvalue weighted by molar-refractivity contribution is 6.29. The number of nitrogens with zero attached hydrogens (tertiary/aromatic N) is 1. The van der Waals surface area contributed by atoms with Crippen molar-refractivity contribution in [2.75, 3.05) is 5.73 Å². The van der Waals surface area contributed by atoms with Crippen LogP contribution in [-0.2, 0) is 0 Å². The Balaban J connectivity index is 2.08. The van der Waals surface area contributed by atoms with Crippen LogP contribution < -0.4 is 10.5 Å². The maximum atomic E-state index is 5.94. The Kier molecular flexibility index (Phi) is 4.11. The second kappa shape index (κ2) is 5.58. The van der Waals surface area contributed by atoms with Crippen LogP contribution in [0.5, 0.6) is 5.88 Å². The molecular weight excluding hydrogens is 236 g/mol. The zero-order chi connectivity index (χ0) is 12.3. The first kappa shape index (κ1) is 12.5. The van der Waals surface area contributed by atoms with Gasteiger partial charge in [-0.05, 0) is 37.7 Å². The van der Waals surface area contributed by atoms with Crippen LogP contribution in [0.3, 0.4) is 0 Å². The quantitative estimate of drug-likeness (QED) is 0.838. The van der Waals surface area contributed by atoms with E-state index in [1.165, 1.54) is 19.3 Å². The first-order chi connectivity index (χ1) is 8.19. The van der Waals surface area contributed by atoms with E-state index in [2.05, 4.69) is 11.9 Å². The second-order valence-electron chi connectivity index (χ2n) is 4.67. The van der Waals surface area contributed by atoms with Crippen LogP contribution in [0.4, 0.5) is 5.69 Å². The molecule has 0 spiro atoms. The van der Waals surface area contributed by atoms with E-state index in [-0.39, 0.29) is 6.10 Å². The molecule has 0 aliphatic heterocycles. The van der Waals surface area contributed by atoms with Crippen LogP contribution in [0.2, 0.25) is 5.15 Å². The third-order valence-electron chi connectivity index (χ3n) is 3.43. The van der Waals surface area contributed by atoms with Gasteiger partial charge in [-0.3, -0.25) is 0 Å². The summed E-state index contributed by atoms with van der Waals surface area (Å²) >= 11 is 5.87. The van der Waals surface area contributed by atoms with Crippen LogP contribution in [0.1, 0.15) is 39.0 Å². The standard InChI is InChI=1S/C13H19ClN2O/c1-2-9-5-3-4-6-11(9)17-13-8-10(15)7-12(14)16-13/h7-9,11H,2-6H2,1H3,(H2,15,16). The van der Waals surface area contributed by atoms with Crippen LogP contribution in [0.25, 0.3) is 0 Å². The molecule has 1 aliphatic carbocycles. The summed E-state index contributed by atoms with van der Waals surface area (Å²) in [5, 5.41) is 0.392. The number of aromatic nitrogens is 1. The first-order valence-electron chi connectivity index (χ1n) is 6.28. The zero-order valence-electron chi connectivity index (χ0n) is 10.2. The summed E-state index contributed by atoms with van der Waals surface area (Å²) in [7, 11) is 0. The van der Waals surface area contributed by atoms with Gasteiger partial charge in [-0.1, -0.05) is 24.9 Å². The van der Waals surface area contributed by atoms with Gasteiger partial charge in [0.2, 0.25) is 5.88 Å². The predicted octanol–water partition coefficient (Wildman–Crippen LogP) is 3.66. The summed E-state index contributed by atoms with van der Waals surface area (Å²) in [6.45, 7) is 2.21. The van der Waals surface area contributed by atoms with Gasteiger partial charge in [0.05, 0.1) is 0 Å². The Labute approximate surface area is 107 Å². The van der Waals surface area contributed by atoms with E-state index in [1.807, 2.05) is 0 Å². The molecule has 2 unspecified atom stereocenters. The Morgan fingerprint density at radius 3 is 2.88 bits per heavy atom. The number of hydrogen-bond acceptors (Lipinski definition) is 3. The van der Waals surface area contributed by atoms with Crippen molar-refractivity contribution in [3.63, 3.8) is 0 Å². The summed E-state index contributed by atoms with van der Waals surface area (Å²) in [6, 6.07) is 3.37. The van der Waals surface area contributed by atoms with Gasteiger partial charge in [0.15, 0.2) is 0 Å². The van der Waals surface area contributed by atoms with Crippen molar-refractivity contribution in [2.24, 2.45) is 5.92 Å². The van der Waals surface area contributed by atoms with Gasteiger partial charge in [-0.15, -0.1) is 0 Å². The molecule has 1 aromatic rings. The number of halogens is 1. The van der Waals surface area contributed by atoms with Crippen molar-refractivity contribution in [3.8, 4) is 5.88 Å². The molecule has 3 nitrogen and oxygen atoms in total. The highest BCUT2D eigenvalue weighted by Gasteiger charge is 2.25. The van der Waals surface area contributed by atoms with E-state index in [0.29, 0.717) is 22.6 Å². The van der Waals surface area contributed by atoms with Gasteiger partial charge in [-0.25, -0.2) is 4.98 Å². The van der Waals surface area contributed by atoms with E-state index in [0.717, 1.165) is 12.8 Å². The Morgan fingerprint density at radius 1 is 1.41 bits per heavy atom. The zero-order valence-corrected chi connectivity index (χ0v) is 10.9. The molecule has 4 heteroatoms. The second-order valence-corrected chi connectivity index (χ2v) is 5.06. The lowest BCUT2D eigenvalue weighted by atomic mass is 9.85. The molecule has 2 atom stereocenters. The molecule has 94 valence electrons. The predicted molar refractivity (Wildman–Crippen MR) is 70.3 cm³/mol. The summed E-state index contributed by atoms with van der Waals surface area (Å²) in [5.74, 6) is 1.19. The molecular formula is C13H19ClN2O. The fraction of sp³-hybridized carbons (Fsp3) is 0.615. The molecule has 1 fully saturated rings. The van der Waals surface area contributed by atoms with E-state index < -0.39 is 0 Å². The minimum absolute atomic E-state index is 0.263. The van der Waals surface area contributed by atoms with Crippen molar-refractivity contribution in [2.45, 2.75) is 45.1 Å². The number of nitrogens with two attached hydrogens (primary N) is 1. The lowest BCUT2D eigenvalue weighted by Gasteiger charge is -2.30. The molecule has 1 aromatic heterocycles. The van der Waals surface area contributed by atoms with Crippen LogP contribution in [0.15, 0.2) is 12.1 Å². The molecule has 0 radical (unpaired) electrons. The monoisotopic (exact) mass is 254 g/mol. The van der Waals surface area contributed by atoms with Crippen molar-refractivity contribution in [1.82, 2.24) is 4.98 Å². The van der Waals surface area contributed by atoms with Crippen LogP contribution in [0, 0.1) is 5.92 Å². The third kappa shape index (κ3) is 3.25. The van der Waals surface area contributed by atoms with Gasteiger partial charge in [0, 0.05) is 11.8 Å². The highest BCUT2D eigenvalue weighted by Crippen LogP contribution is 2.30. The molecule has 1 saturated carbocycles. The maximum Gasteiger partial charge on any atom is 0.217 e. The van der Waals surface area contributed by atoms with E-state index in [9.17, 15) is 0 Å². The molecule has 0 amide bonds. The average Bonchev–Trinajstić information content (AvgIpc) is 2.28. The Bertz CT molecular complexity index is 363. The van der Waals surface area contributed by atoms with E-state index >= 15 is 0 Å². The van der Waals surface area contributed by atoms with Gasteiger partial charge < -0.3 is 10.5 Å². The largest absolute Gasteiger partial charge is 0.474 e. The van der Waals surface area contributed by atoms with Gasteiger partial charge >= 0.3 is 0 Å². The number of pyridine rings is 1. The number of hydrogen-bond donors (Lipinski definition) is 1. The topological polar surface area (TPSA) is 48.1 Å². The van der Waals surface area contributed by atoms with Crippen LogP contribution in [-0.4, -0.2) is 11.1 Å². The minimum atomic E-state index is 0.263. The first-order valence-corrected chi connectivity index (χ1v) is 6.66. The van der Waals surface area contributed by atoms with Gasteiger partial charge in [0.25, 0.3) is 0 Å². The van der Waals surface area contributed by atoms with Crippen LogP contribution >= 0.6 is 11.6 Å². The number of nitrogen functional groups attached to an aromatic ring is 1.